The molecule has 8 fully saturated rings. The molecule has 16 unspecified atom stereocenters. The Morgan fingerprint density at radius 3 is 1.43 bits per heavy atom. The number of fused-ring (bicyclic) bond motifs is 2. The molecular weight excluding hydrogens is 512 g/mol. The maximum absolute atomic E-state index is 6.79. The second-order valence-electron chi connectivity index (χ2n) is 15.2. The number of hydrogen-bond donors (Lipinski definition) is 0. The van der Waals surface area contributed by atoms with Crippen molar-refractivity contribution in [2.75, 3.05) is 13.2 Å². The van der Waals surface area contributed by atoms with Crippen LogP contribution in [0.3, 0.4) is 0 Å². The minimum Gasteiger partial charge on any atom is -0.350 e. The van der Waals surface area contributed by atoms with Crippen LogP contribution in [0.5, 0.6) is 0 Å². The van der Waals surface area contributed by atoms with Crippen LogP contribution in [0, 0.1) is 47.3 Å². The minimum absolute atomic E-state index is 0.227. The van der Waals surface area contributed by atoms with Crippen LogP contribution in [0.1, 0.15) is 92.9 Å². The molecule has 0 radical (unpaired) electrons. The topological polar surface area (TPSA) is 73.8 Å². The van der Waals surface area contributed by atoms with Gasteiger partial charge in [-0.05, 0) is 76.0 Å². The Hall–Kier alpha value is -0.320. The van der Waals surface area contributed by atoms with E-state index in [2.05, 4.69) is 41.5 Å². The average molecular weight is 563 g/mol. The van der Waals surface area contributed by atoms with Crippen molar-refractivity contribution in [1.82, 2.24) is 0 Å². The molecular formula is C32H50O8. The van der Waals surface area contributed by atoms with Gasteiger partial charge in [0.25, 0.3) is 0 Å². The Kier molecular flexibility index (Phi) is 6.20. The van der Waals surface area contributed by atoms with Gasteiger partial charge in [0.15, 0.2) is 36.7 Å². The van der Waals surface area contributed by atoms with Crippen LogP contribution in [0.4, 0.5) is 0 Å². The lowest BCUT2D eigenvalue weighted by Crippen LogP contribution is -2.66. The van der Waals surface area contributed by atoms with E-state index in [4.69, 9.17) is 37.9 Å². The maximum Gasteiger partial charge on any atom is 0.193 e. The van der Waals surface area contributed by atoms with Crippen LogP contribution in [0.25, 0.3) is 0 Å². The zero-order valence-corrected chi connectivity index (χ0v) is 25.3. The standard InChI is InChI=1S/C32H50O8/c1-17-7-9-23-19(3)25(35-27-31(23)21(17)11-13-29(5,37-27)39-31)33-15-16-34-26-20(4)24-10-8-18(2)22-12-14-30(6)38-28(36-26)32(22,24)40-30/h17-28H,7-16H2,1-6H3. The molecule has 6 heterocycles. The molecule has 0 N–H and O–H groups in total. The van der Waals surface area contributed by atoms with Gasteiger partial charge < -0.3 is 37.9 Å². The van der Waals surface area contributed by atoms with Gasteiger partial charge in [0, 0.05) is 36.5 Å². The lowest BCUT2D eigenvalue weighted by molar-refractivity contribution is -0.349. The smallest absolute Gasteiger partial charge is 0.193 e. The largest absolute Gasteiger partial charge is 0.350 e. The highest BCUT2D eigenvalue weighted by atomic mass is 16.9. The van der Waals surface area contributed by atoms with E-state index < -0.39 is 11.6 Å². The molecule has 40 heavy (non-hydrogen) atoms. The number of rotatable bonds is 5. The summed E-state index contributed by atoms with van der Waals surface area (Å²) in [6, 6.07) is 0. The molecule has 4 bridgehead atoms. The molecule has 8 nitrogen and oxygen atoms in total. The van der Waals surface area contributed by atoms with Crippen LogP contribution >= 0.6 is 0 Å². The molecule has 2 aliphatic carbocycles. The molecule has 16 atom stereocenters. The van der Waals surface area contributed by atoms with E-state index in [1.165, 1.54) is 12.8 Å². The highest BCUT2D eigenvalue weighted by Gasteiger charge is 2.73. The van der Waals surface area contributed by atoms with Crippen molar-refractivity contribution in [3.63, 3.8) is 0 Å². The fraction of sp³-hybridized carbons (Fsp3) is 1.00. The second kappa shape index (κ2) is 9.10. The molecule has 0 aromatic rings. The van der Waals surface area contributed by atoms with Gasteiger partial charge in [-0.3, -0.25) is 0 Å². The van der Waals surface area contributed by atoms with Gasteiger partial charge in [-0.1, -0.05) is 27.7 Å². The molecule has 6 saturated heterocycles. The number of ether oxygens (including phenoxy) is 8. The Balaban J connectivity index is 0.922. The molecule has 0 aromatic heterocycles. The molecule has 2 spiro atoms. The predicted molar refractivity (Wildman–Crippen MR) is 143 cm³/mol. The van der Waals surface area contributed by atoms with Crippen LogP contribution in [0.15, 0.2) is 0 Å². The summed E-state index contributed by atoms with van der Waals surface area (Å²) >= 11 is 0. The summed E-state index contributed by atoms with van der Waals surface area (Å²) in [4.78, 5) is 0. The lowest BCUT2D eigenvalue weighted by atomic mass is 9.57. The van der Waals surface area contributed by atoms with Gasteiger partial charge in [-0.25, -0.2) is 0 Å². The van der Waals surface area contributed by atoms with Crippen molar-refractivity contribution < 1.29 is 37.9 Å². The van der Waals surface area contributed by atoms with Crippen molar-refractivity contribution in [1.29, 1.82) is 0 Å². The minimum atomic E-state index is -0.544. The fourth-order valence-electron chi connectivity index (χ4n) is 11.0. The summed E-state index contributed by atoms with van der Waals surface area (Å²) in [5.41, 5.74) is -0.676. The van der Waals surface area contributed by atoms with Crippen molar-refractivity contribution in [2.24, 2.45) is 47.3 Å². The fourth-order valence-corrected chi connectivity index (χ4v) is 11.0. The van der Waals surface area contributed by atoms with Crippen LogP contribution in [0.2, 0.25) is 0 Å². The summed E-state index contributed by atoms with van der Waals surface area (Å²) in [6.07, 6.45) is 7.51. The summed E-state index contributed by atoms with van der Waals surface area (Å²) in [7, 11) is 0. The van der Waals surface area contributed by atoms with Gasteiger partial charge >= 0.3 is 0 Å². The molecule has 0 amide bonds. The first kappa shape index (κ1) is 27.2. The first-order valence-electron chi connectivity index (χ1n) is 16.4. The van der Waals surface area contributed by atoms with E-state index in [0.717, 1.165) is 38.5 Å². The molecule has 8 rings (SSSR count). The highest BCUT2D eigenvalue weighted by molar-refractivity contribution is 5.14. The SMILES string of the molecule is CC1CCC2C(C)C(OCCOC3OC4OC5(C)CCC6C(C)CCC(C3C)C46O5)OC3OC4(C)CCC1C32O4. The Morgan fingerprint density at radius 2 is 1.00 bits per heavy atom. The summed E-state index contributed by atoms with van der Waals surface area (Å²) in [5.74, 6) is 2.34. The van der Waals surface area contributed by atoms with Crippen LogP contribution < -0.4 is 0 Å². The molecule has 226 valence electrons. The van der Waals surface area contributed by atoms with Crippen molar-refractivity contribution in [3.8, 4) is 0 Å². The maximum atomic E-state index is 6.79. The second-order valence-corrected chi connectivity index (χ2v) is 15.2. The Labute approximate surface area is 239 Å². The molecule has 8 aliphatic rings. The third-order valence-corrected chi connectivity index (χ3v) is 12.9. The van der Waals surface area contributed by atoms with Crippen molar-refractivity contribution >= 4 is 0 Å². The third-order valence-electron chi connectivity index (χ3n) is 12.9. The third kappa shape index (κ3) is 3.60. The Bertz CT molecular complexity index is 931. The zero-order valence-electron chi connectivity index (χ0n) is 25.3. The van der Waals surface area contributed by atoms with E-state index >= 15 is 0 Å². The van der Waals surface area contributed by atoms with Gasteiger partial charge in [0.05, 0.1) is 13.2 Å². The van der Waals surface area contributed by atoms with E-state index in [0.29, 0.717) is 48.7 Å². The average Bonchev–Trinajstić information content (AvgIpc) is 3.27. The van der Waals surface area contributed by atoms with Crippen LogP contribution in [-0.2, 0) is 37.9 Å². The van der Waals surface area contributed by atoms with Gasteiger partial charge in [-0.2, -0.15) is 0 Å². The van der Waals surface area contributed by atoms with E-state index in [9.17, 15) is 0 Å². The highest BCUT2D eigenvalue weighted by Crippen LogP contribution is 2.65. The first-order valence-corrected chi connectivity index (χ1v) is 16.4. The van der Waals surface area contributed by atoms with E-state index in [-0.39, 0.29) is 48.2 Å². The van der Waals surface area contributed by atoms with Gasteiger partial charge in [0.1, 0.15) is 11.2 Å². The van der Waals surface area contributed by atoms with E-state index in [1.54, 1.807) is 0 Å². The normalized spacial score (nSPS) is 61.6. The molecule has 2 saturated carbocycles. The summed E-state index contributed by atoms with van der Waals surface area (Å²) in [6.45, 7) is 14.4. The zero-order chi connectivity index (χ0) is 27.7. The van der Waals surface area contributed by atoms with Crippen molar-refractivity contribution in [2.45, 2.75) is 141 Å². The lowest BCUT2D eigenvalue weighted by Gasteiger charge is -2.58. The monoisotopic (exact) mass is 562 g/mol. The number of hydrogen-bond acceptors (Lipinski definition) is 8. The van der Waals surface area contributed by atoms with Gasteiger partial charge in [-0.15, -0.1) is 0 Å². The van der Waals surface area contributed by atoms with Crippen LogP contribution in [-0.4, -0.2) is 61.2 Å². The van der Waals surface area contributed by atoms with E-state index in [1.807, 2.05) is 0 Å². The predicted octanol–water partition coefficient (Wildman–Crippen LogP) is 5.57. The summed E-state index contributed by atoms with van der Waals surface area (Å²) < 4.78 is 52.5. The molecule has 8 heteroatoms. The molecule has 6 aliphatic heterocycles. The quantitative estimate of drug-likeness (QED) is 0.403. The first-order chi connectivity index (χ1) is 19.1. The van der Waals surface area contributed by atoms with Crippen molar-refractivity contribution in [3.05, 3.63) is 0 Å². The molecule has 0 aromatic carbocycles. The Morgan fingerprint density at radius 1 is 0.575 bits per heavy atom. The summed E-state index contributed by atoms with van der Waals surface area (Å²) in [5, 5.41) is 0. The van der Waals surface area contributed by atoms with Gasteiger partial charge in [0.2, 0.25) is 0 Å².